The number of amides is 1. The van der Waals surface area contributed by atoms with Gasteiger partial charge in [-0.1, -0.05) is 27.7 Å². The van der Waals surface area contributed by atoms with E-state index in [9.17, 15) is 9.00 Å². The molecule has 1 saturated heterocycles. The summed E-state index contributed by atoms with van der Waals surface area (Å²) >= 11 is 0. The summed E-state index contributed by atoms with van der Waals surface area (Å²) in [6, 6.07) is -0.0348. The highest BCUT2D eigenvalue weighted by atomic mass is 32.2. The van der Waals surface area contributed by atoms with E-state index >= 15 is 0 Å². The summed E-state index contributed by atoms with van der Waals surface area (Å²) in [7, 11) is -0.811. The van der Waals surface area contributed by atoms with Gasteiger partial charge in [0.05, 0.1) is 12.2 Å². The molecule has 4 unspecified atom stereocenters. The van der Waals surface area contributed by atoms with Crippen LogP contribution in [0.1, 0.15) is 47.0 Å². The summed E-state index contributed by atoms with van der Waals surface area (Å²) in [4.78, 5) is 14.3. The first-order valence-electron chi connectivity index (χ1n) is 7.25. The van der Waals surface area contributed by atoms with Crippen molar-refractivity contribution in [3.8, 4) is 0 Å². The molecule has 0 aliphatic carbocycles. The van der Waals surface area contributed by atoms with Gasteiger partial charge in [-0.15, -0.1) is 0 Å². The molecule has 0 bridgehead atoms. The Morgan fingerprint density at radius 2 is 2.00 bits per heavy atom. The molecule has 0 spiro atoms. The van der Waals surface area contributed by atoms with Crippen molar-refractivity contribution in [2.45, 2.75) is 64.4 Å². The quantitative estimate of drug-likeness (QED) is 0.776. The lowest BCUT2D eigenvalue weighted by Crippen LogP contribution is -2.38. The van der Waals surface area contributed by atoms with Crippen LogP contribution in [0, 0.1) is 5.92 Å². The summed E-state index contributed by atoms with van der Waals surface area (Å²) in [6.45, 7) is 9.06. The average Bonchev–Trinajstić information content (AvgIpc) is 2.62. The molecule has 0 radical (unpaired) electrons. The molecule has 1 N–H and O–H groups in total. The van der Waals surface area contributed by atoms with Crippen LogP contribution in [0.25, 0.3) is 0 Å². The van der Waals surface area contributed by atoms with Gasteiger partial charge < -0.3 is 4.90 Å². The van der Waals surface area contributed by atoms with Crippen molar-refractivity contribution < 1.29 is 9.00 Å². The predicted octanol–water partition coefficient (Wildman–Crippen LogP) is 1.73. The molecule has 0 aromatic carbocycles. The third-order valence-electron chi connectivity index (χ3n) is 3.79. The third kappa shape index (κ3) is 4.56. The van der Waals surface area contributed by atoms with E-state index in [0.29, 0.717) is 12.5 Å². The second-order valence-electron chi connectivity index (χ2n) is 5.90. The van der Waals surface area contributed by atoms with Crippen LogP contribution in [-0.4, -0.2) is 45.3 Å². The van der Waals surface area contributed by atoms with Crippen molar-refractivity contribution in [1.82, 2.24) is 10.2 Å². The van der Waals surface area contributed by atoms with Crippen LogP contribution in [-0.2, 0) is 15.6 Å². The Labute approximate surface area is 119 Å². The molecule has 5 heteroatoms. The van der Waals surface area contributed by atoms with E-state index in [1.54, 1.807) is 6.26 Å². The number of hydrogen-bond acceptors (Lipinski definition) is 3. The number of nitrogens with zero attached hydrogens (tertiary/aromatic N) is 1. The number of carbonyl (C=O) groups is 1. The molecule has 1 rings (SSSR count). The van der Waals surface area contributed by atoms with Gasteiger partial charge in [0.2, 0.25) is 5.91 Å². The highest BCUT2D eigenvalue weighted by Crippen LogP contribution is 2.19. The zero-order valence-corrected chi connectivity index (χ0v) is 13.6. The fourth-order valence-electron chi connectivity index (χ4n) is 2.48. The normalized spacial score (nSPS) is 27.1. The topological polar surface area (TPSA) is 49.4 Å². The Balaban J connectivity index is 2.60. The lowest BCUT2D eigenvalue weighted by molar-refractivity contribution is -0.130. The summed E-state index contributed by atoms with van der Waals surface area (Å²) in [5.74, 6) is 0.732. The van der Waals surface area contributed by atoms with Crippen LogP contribution in [0.3, 0.4) is 0 Å². The Bertz CT molecular complexity index is 333. The van der Waals surface area contributed by atoms with Gasteiger partial charge in [-0.2, -0.15) is 0 Å². The zero-order valence-electron chi connectivity index (χ0n) is 12.8. The van der Waals surface area contributed by atoms with Gasteiger partial charge in [-0.3, -0.25) is 14.3 Å². The van der Waals surface area contributed by atoms with Gasteiger partial charge in [0.25, 0.3) is 0 Å². The van der Waals surface area contributed by atoms with Crippen molar-refractivity contribution >= 4 is 16.7 Å². The maximum absolute atomic E-state index is 12.4. The van der Waals surface area contributed by atoms with Crippen LogP contribution in [0.2, 0.25) is 0 Å². The van der Waals surface area contributed by atoms with Crippen molar-refractivity contribution in [1.29, 1.82) is 0 Å². The summed E-state index contributed by atoms with van der Waals surface area (Å²) in [5, 5.41) is 3.57. The number of carbonyl (C=O) groups excluding carboxylic acids is 1. The maximum atomic E-state index is 12.4. The molecule has 112 valence electrons. The molecule has 1 heterocycles. The molecule has 0 saturated carbocycles. The van der Waals surface area contributed by atoms with E-state index in [1.807, 2.05) is 11.8 Å². The van der Waals surface area contributed by atoms with Crippen LogP contribution in [0.5, 0.6) is 0 Å². The Morgan fingerprint density at radius 1 is 1.37 bits per heavy atom. The molecule has 0 aromatic rings. The van der Waals surface area contributed by atoms with E-state index in [4.69, 9.17) is 0 Å². The first-order valence-corrected chi connectivity index (χ1v) is 8.87. The van der Waals surface area contributed by atoms with E-state index in [1.165, 1.54) is 0 Å². The molecule has 4 nitrogen and oxygen atoms in total. The predicted molar refractivity (Wildman–Crippen MR) is 80.3 cm³/mol. The Kier molecular flexibility index (Phi) is 6.47. The van der Waals surface area contributed by atoms with Gasteiger partial charge >= 0.3 is 0 Å². The minimum atomic E-state index is -0.811. The average molecular weight is 288 g/mol. The molecule has 1 aliphatic heterocycles. The first-order chi connectivity index (χ1) is 8.86. The van der Waals surface area contributed by atoms with Gasteiger partial charge in [0.15, 0.2) is 0 Å². The van der Waals surface area contributed by atoms with Gasteiger partial charge in [0.1, 0.15) is 0 Å². The summed E-state index contributed by atoms with van der Waals surface area (Å²) in [5.41, 5.74) is 0. The van der Waals surface area contributed by atoms with E-state index < -0.39 is 10.8 Å². The first kappa shape index (κ1) is 16.6. The highest BCUT2D eigenvalue weighted by Gasteiger charge is 2.37. The summed E-state index contributed by atoms with van der Waals surface area (Å²) in [6.07, 6.45) is 4.49. The highest BCUT2D eigenvalue weighted by molar-refractivity contribution is 7.84. The van der Waals surface area contributed by atoms with Crippen LogP contribution >= 0.6 is 0 Å². The lowest BCUT2D eigenvalue weighted by Gasteiger charge is -2.24. The zero-order chi connectivity index (χ0) is 14.6. The van der Waals surface area contributed by atoms with Crippen molar-refractivity contribution in [3.05, 3.63) is 0 Å². The number of rotatable bonds is 7. The van der Waals surface area contributed by atoms with Crippen LogP contribution < -0.4 is 5.32 Å². The fraction of sp³-hybridized carbons (Fsp3) is 0.929. The lowest BCUT2D eigenvalue weighted by atomic mass is 10.0. The molecule has 1 aliphatic rings. The van der Waals surface area contributed by atoms with Gasteiger partial charge in [-0.05, 0) is 25.2 Å². The standard InChI is InChI=1S/C14H28N2O2S/c1-6-13-15-12(9-10(2)3)14(17)16(13)8-7-11(4)19(5)18/h10-13,15H,6-9H2,1-5H3. The van der Waals surface area contributed by atoms with E-state index in [2.05, 4.69) is 26.1 Å². The molecular formula is C14H28N2O2S. The largest absolute Gasteiger partial charge is 0.326 e. The van der Waals surface area contributed by atoms with Gasteiger partial charge in [-0.25, -0.2) is 0 Å². The number of nitrogens with one attached hydrogen (secondary N) is 1. The van der Waals surface area contributed by atoms with Crippen molar-refractivity contribution in [3.63, 3.8) is 0 Å². The minimum Gasteiger partial charge on any atom is -0.326 e. The van der Waals surface area contributed by atoms with Gasteiger partial charge in [0, 0.05) is 28.9 Å². The molecule has 1 fully saturated rings. The smallest absolute Gasteiger partial charge is 0.241 e. The fourth-order valence-corrected chi connectivity index (χ4v) is 2.92. The Morgan fingerprint density at radius 3 is 2.47 bits per heavy atom. The Hall–Kier alpha value is -0.420. The van der Waals surface area contributed by atoms with Crippen molar-refractivity contribution in [2.75, 3.05) is 12.8 Å². The van der Waals surface area contributed by atoms with E-state index in [0.717, 1.165) is 19.3 Å². The second kappa shape index (κ2) is 7.39. The molecule has 0 aromatic heterocycles. The summed E-state index contributed by atoms with van der Waals surface area (Å²) < 4.78 is 11.4. The van der Waals surface area contributed by atoms with Crippen molar-refractivity contribution in [2.24, 2.45) is 5.92 Å². The number of hydrogen-bond donors (Lipinski definition) is 1. The minimum absolute atomic E-state index is 0.0348. The SMILES string of the molecule is CCC1NC(CC(C)C)C(=O)N1CCC(C)S(C)=O. The third-order valence-corrected chi connectivity index (χ3v) is 5.16. The monoisotopic (exact) mass is 288 g/mol. The van der Waals surface area contributed by atoms with E-state index in [-0.39, 0.29) is 23.4 Å². The second-order valence-corrected chi connectivity index (χ2v) is 7.70. The van der Waals surface area contributed by atoms with Crippen LogP contribution in [0.4, 0.5) is 0 Å². The molecule has 1 amide bonds. The maximum Gasteiger partial charge on any atom is 0.241 e. The molecule has 19 heavy (non-hydrogen) atoms. The molecular weight excluding hydrogens is 260 g/mol. The molecule has 4 atom stereocenters. The van der Waals surface area contributed by atoms with Crippen LogP contribution in [0.15, 0.2) is 0 Å².